The Bertz CT molecular complexity index is 365. The van der Waals surface area contributed by atoms with Crippen molar-refractivity contribution in [2.45, 2.75) is 65.6 Å². The first-order valence-electron chi connectivity index (χ1n) is 6.99. The van der Waals surface area contributed by atoms with Crippen LogP contribution >= 0.6 is 0 Å². The molecule has 2 rings (SSSR count). The number of rotatable bonds is 3. The summed E-state index contributed by atoms with van der Waals surface area (Å²) in [5.74, 6) is 0.668. The number of hydrogen-bond acceptors (Lipinski definition) is 1. The van der Waals surface area contributed by atoms with E-state index in [0.29, 0.717) is 24.0 Å². The molecular weight excluding hydrogens is 208 g/mol. The number of aromatic nitrogens is 1. The lowest BCUT2D eigenvalue weighted by Gasteiger charge is -2.46. The van der Waals surface area contributed by atoms with E-state index < -0.39 is 0 Å². The van der Waals surface area contributed by atoms with E-state index in [-0.39, 0.29) is 0 Å². The van der Waals surface area contributed by atoms with Crippen LogP contribution in [0, 0.1) is 5.92 Å². The largest absolute Gasteiger partial charge is 0.365 e. The maximum Gasteiger partial charge on any atom is 0.0394 e. The third-order valence-electron chi connectivity index (χ3n) is 4.07. The average molecular weight is 234 g/mol. The number of hydrogen-bond donors (Lipinski definition) is 1. The van der Waals surface area contributed by atoms with Crippen LogP contribution in [0.3, 0.4) is 0 Å². The Hall–Kier alpha value is -0.760. The molecule has 17 heavy (non-hydrogen) atoms. The molecule has 0 amide bonds. The number of H-pyrrole nitrogens is 1. The van der Waals surface area contributed by atoms with Gasteiger partial charge in [-0.3, -0.25) is 4.90 Å². The predicted molar refractivity (Wildman–Crippen MR) is 73.1 cm³/mol. The molecule has 2 heteroatoms. The first-order valence-corrected chi connectivity index (χ1v) is 6.99. The van der Waals surface area contributed by atoms with E-state index in [1.807, 2.05) is 0 Å². The second-order valence-corrected chi connectivity index (χ2v) is 5.91. The van der Waals surface area contributed by atoms with Crippen molar-refractivity contribution < 1.29 is 0 Å². The molecule has 2 atom stereocenters. The Labute approximate surface area is 105 Å². The van der Waals surface area contributed by atoms with Gasteiger partial charge in [-0.2, -0.15) is 0 Å². The van der Waals surface area contributed by atoms with Crippen LogP contribution in [0.2, 0.25) is 0 Å². The minimum absolute atomic E-state index is 0.579. The molecule has 0 unspecified atom stereocenters. The van der Waals surface area contributed by atoms with Crippen molar-refractivity contribution in [1.82, 2.24) is 9.88 Å². The van der Waals surface area contributed by atoms with Crippen LogP contribution in [0.1, 0.15) is 58.3 Å². The Balaban J connectivity index is 2.42. The third kappa shape index (κ3) is 2.15. The van der Waals surface area contributed by atoms with Crippen molar-refractivity contribution in [2.75, 3.05) is 0 Å². The molecule has 0 spiro atoms. The molecule has 1 aromatic rings. The van der Waals surface area contributed by atoms with Crippen LogP contribution in [0.15, 0.2) is 12.3 Å². The van der Waals surface area contributed by atoms with Crippen LogP contribution in [0.4, 0.5) is 0 Å². The molecule has 1 N–H and O–H groups in total. The van der Waals surface area contributed by atoms with Gasteiger partial charge in [-0.25, -0.2) is 0 Å². The van der Waals surface area contributed by atoms with Gasteiger partial charge in [0, 0.05) is 36.4 Å². The van der Waals surface area contributed by atoms with Crippen molar-refractivity contribution in [3.05, 3.63) is 23.5 Å². The van der Waals surface area contributed by atoms with Gasteiger partial charge in [-0.1, -0.05) is 20.8 Å². The Kier molecular flexibility index (Phi) is 3.62. The molecule has 2 heterocycles. The van der Waals surface area contributed by atoms with Gasteiger partial charge in [0.25, 0.3) is 0 Å². The number of aromatic amines is 1. The van der Waals surface area contributed by atoms with Gasteiger partial charge in [0.05, 0.1) is 0 Å². The van der Waals surface area contributed by atoms with E-state index in [4.69, 9.17) is 0 Å². The Morgan fingerprint density at radius 3 is 2.59 bits per heavy atom. The predicted octanol–water partition coefficient (Wildman–Crippen LogP) is 3.76. The van der Waals surface area contributed by atoms with Crippen LogP contribution in [0.25, 0.3) is 0 Å². The van der Waals surface area contributed by atoms with Gasteiger partial charge in [0.15, 0.2) is 0 Å². The highest BCUT2D eigenvalue weighted by Gasteiger charge is 2.36. The zero-order valence-electron chi connectivity index (χ0n) is 11.8. The highest BCUT2D eigenvalue weighted by molar-refractivity contribution is 5.29. The van der Waals surface area contributed by atoms with Gasteiger partial charge in [0.1, 0.15) is 0 Å². The Morgan fingerprint density at radius 1 is 1.35 bits per heavy atom. The summed E-state index contributed by atoms with van der Waals surface area (Å²) in [6.45, 7) is 11.7. The smallest absolute Gasteiger partial charge is 0.0394 e. The number of fused-ring (bicyclic) bond motifs is 1. The lowest BCUT2D eigenvalue weighted by atomic mass is 9.85. The fourth-order valence-corrected chi connectivity index (χ4v) is 3.40. The van der Waals surface area contributed by atoms with E-state index in [0.717, 1.165) is 0 Å². The van der Waals surface area contributed by atoms with E-state index in [1.54, 1.807) is 0 Å². The topological polar surface area (TPSA) is 19.0 Å². The zero-order valence-corrected chi connectivity index (χ0v) is 11.8. The fourth-order valence-electron chi connectivity index (χ4n) is 3.40. The molecular formula is C15H26N2. The van der Waals surface area contributed by atoms with Gasteiger partial charge >= 0.3 is 0 Å². The quantitative estimate of drug-likeness (QED) is 0.843. The summed E-state index contributed by atoms with van der Waals surface area (Å²) >= 11 is 0. The molecule has 0 saturated heterocycles. The molecule has 1 aliphatic heterocycles. The number of nitrogens with one attached hydrogen (secondary N) is 1. The van der Waals surface area contributed by atoms with Crippen LogP contribution in [0.5, 0.6) is 0 Å². The van der Waals surface area contributed by atoms with E-state index >= 15 is 0 Å². The summed E-state index contributed by atoms with van der Waals surface area (Å²) in [5.41, 5.74) is 2.99. The summed E-state index contributed by atoms with van der Waals surface area (Å²) in [7, 11) is 0. The monoisotopic (exact) mass is 234 g/mol. The molecule has 0 aromatic carbocycles. The minimum atomic E-state index is 0.579. The first kappa shape index (κ1) is 12.7. The second-order valence-electron chi connectivity index (χ2n) is 5.91. The van der Waals surface area contributed by atoms with Crippen molar-refractivity contribution in [2.24, 2.45) is 5.92 Å². The van der Waals surface area contributed by atoms with Crippen LogP contribution in [-0.4, -0.2) is 22.0 Å². The molecule has 0 radical (unpaired) electrons. The summed E-state index contributed by atoms with van der Waals surface area (Å²) in [6, 6.07) is 4.17. The van der Waals surface area contributed by atoms with Crippen LogP contribution < -0.4 is 0 Å². The maximum absolute atomic E-state index is 3.44. The summed E-state index contributed by atoms with van der Waals surface area (Å²) in [6.07, 6.45) is 4.52. The van der Waals surface area contributed by atoms with E-state index in [1.165, 1.54) is 24.1 Å². The Morgan fingerprint density at radius 2 is 2.06 bits per heavy atom. The summed E-state index contributed by atoms with van der Waals surface area (Å²) < 4.78 is 0. The standard InChI is InChI=1S/C15H26N2/c1-6-12-9-14-13(7-8-16-14)15(10(2)3)17(12)11(4)5/h7-8,10-12,15-16H,6,9H2,1-5H3/t12-,15+/m1/s1. The first-order chi connectivity index (χ1) is 8.06. The van der Waals surface area contributed by atoms with Gasteiger partial charge in [-0.15, -0.1) is 0 Å². The van der Waals surface area contributed by atoms with Crippen molar-refractivity contribution in [1.29, 1.82) is 0 Å². The van der Waals surface area contributed by atoms with Crippen LogP contribution in [-0.2, 0) is 6.42 Å². The lowest BCUT2D eigenvalue weighted by molar-refractivity contribution is 0.0510. The van der Waals surface area contributed by atoms with Gasteiger partial charge < -0.3 is 4.98 Å². The third-order valence-corrected chi connectivity index (χ3v) is 4.07. The lowest BCUT2D eigenvalue weighted by Crippen LogP contribution is -2.48. The molecule has 0 bridgehead atoms. The second kappa shape index (κ2) is 4.85. The van der Waals surface area contributed by atoms with Gasteiger partial charge in [-0.05, 0) is 37.8 Å². The maximum atomic E-state index is 3.44. The van der Waals surface area contributed by atoms with Crippen molar-refractivity contribution in [3.8, 4) is 0 Å². The van der Waals surface area contributed by atoms with E-state index in [2.05, 4.69) is 56.8 Å². The average Bonchev–Trinajstić information content (AvgIpc) is 2.73. The zero-order chi connectivity index (χ0) is 12.6. The SMILES string of the molecule is CC[C@@H]1Cc2[nH]ccc2[C@H](C(C)C)N1C(C)C. The molecule has 1 aromatic heterocycles. The summed E-state index contributed by atoms with van der Waals surface area (Å²) in [4.78, 5) is 6.16. The van der Waals surface area contributed by atoms with Crippen molar-refractivity contribution >= 4 is 0 Å². The molecule has 1 aliphatic rings. The molecule has 0 fully saturated rings. The molecule has 96 valence electrons. The summed E-state index contributed by atoms with van der Waals surface area (Å²) in [5, 5.41) is 0. The molecule has 2 nitrogen and oxygen atoms in total. The molecule has 0 saturated carbocycles. The van der Waals surface area contributed by atoms with Crippen molar-refractivity contribution in [3.63, 3.8) is 0 Å². The fraction of sp³-hybridized carbons (Fsp3) is 0.733. The molecule has 0 aliphatic carbocycles. The normalized spacial score (nSPS) is 25.6. The minimum Gasteiger partial charge on any atom is -0.365 e. The number of nitrogens with zero attached hydrogens (tertiary/aromatic N) is 1. The van der Waals surface area contributed by atoms with Gasteiger partial charge in [0.2, 0.25) is 0 Å². The highest BCUT2D eigenvalue weighted by Crippen LogP contribution is 2.39. The van der Waals surface area contributed by atoms with E-state index in [9.17, 15) is 0 Å². The highest BCUT2D eigenvalue weighted by atomic mass is 15.2.